The summed E-state index contributed by atoms with van der Waals surface area (Å²) in [4.78, 5) is 10.6. The molecule has 4 rings (SSSR count). The third-order valence-corrected chi connectivity index (χ3v) is 4.01. The van der Waals surface area contributed by atoms with Crippen LogP contribution in [-0.2, 0) is 0 Å². The third-order valence-electron chi connectivity index (χ3n) is 4.01. The first kappa shape index (κ1) is 14.9. The summed E-state index contributed by atoms with van der Waals surface area (Å²) in [5.74, 6) is 0.393. The molecule has 1 N–H and O–H groups in total. The van der Waals surface area contributed by atoms with E-state index in [1.54, 1.807) is 18.5 Å². The van der Waals surface area contributed by atoms with E-state index in [4.69, 9.17) is 9.15 Å². The van der Waals surface area contributed by atoms with Crippen molar-refractivity contribution < 1.29 is 13.5 Å². The molecule has 1 aromatic carbocycles. The number of hydrogen-bond acceptors (Lipinski definition) is 6. The van der Waals surface area contributed by atoms with Gasteiger partial charge in [0, 0.05) is 31.9 Å². The summed E-state index contributed by atoms with van der Waals surface area (Å²) in [5.41, 5.74) is 1.10. The second kappa shape index (κ2) is 6.45. The maximum atomic E-state index is 13.3. The minimum atomic E-state index is -0.332. The van der Waals surface area contributed by atoms with Crippen LogP contribution in [0.5, 0.6) is 5.75 Å². The summed E-state index contributed by atoms with van der Waals surface area (Å²) in [6.45, 7) is 2.81. The highest BCUT2D eigenvalue weighted by Crippen LogP contribution is 2.25. The summed E-state index contributed by atoms with van der Waals surface area (Å²) in [6, 6.07) is 8.64. The molecule has 1 aliphatic heterocycles. The first-order valence-electron chi connectivity index (χ1n) is 7.86. The molecule has 2 aromatic heterocycles. The average molecular weight is 328 g/mol. The zero-order valence-corrected chi connectivity index (χ0v) is 13.0. The number of pyridine rings is 1. The number of ether oxygens (including phenoxy) is 1. The maximum Gasteiger partial charge on any atom is 0.298 e. The largest absolute Gasteiger partial charge is 0.490 e. The number of halogens is 1. The van der Waals surface area contributed by atoms with Gasteiger partial charge >= 0.3 is 0 Å². The van der Waals surface area contributed by atoms with Crippen molar-refractivity contribution in [2.24, 2.45) is 0 Å². The highest BCUT2D eigenvalue weighted by molar-refractivity contribution is 5.74. The van der Waals surface area contributed by atoms with Gasteiger partial charge in [-0.05, 0) is 24.3 Å². The van der Waals surface area contributed by atoms with Gasteiger partial charge in [-0.25, -0.2) is 4.39 Å². The molecule has 1 unspecified atom stereocenters. The minimum Gasteiger partial charge on any atom is -0.490 e. The number of nitrogens with zero attached hydrogens (tertiary/aromatic N) is 3. The Kier molecular flexibility index (Phi) is 4.00. The summed E-state index contributed by atoms with van der Waals surface area (Å²) in [7, 11) is 0. The van der Waals surface area contributed by atoms with Gasteiger partial charge < -0.3 is 19.4 Å². The Bertz CT molecular complexity index is 824. The maximum absolute atomic E-state index is 13.3. The molecule has 0 aliphatic carbocycles. The third kappa shape index (κ3) is 3.03. The van der Waals surface area contributed by atoms with Gasteiger partial charge in [-0.15, -0.1) is 0 Å². The Morgan fingerprint density at radius 1 is 1.38 bits per heavy atom. The fourth-order valence-corrected chi connectivity index (χ4v) is 2.80. The zero-order chi connectivity index (χ0) is 16.4. The molecule has 3 heterocycles. The molecule has 6 nitrogen and oxygen atoms in total. The van der Waals surface area contributed by atoms with Crippen molar-refractivity contribution in [3.05, 3.63) is 48.5 Å². The van der Waals surface area contributed by atoms with Crippen LogP contribution in [0.25, 0.3) is 11.1 Å². The van der Waals surface area contributed by atoms with Crippen LogP contribution in [0.2, 0.25) is 0 Å². The molecule has 124 valence electrons. The SMILES string of the molecule is Fc1ccc2nc(N3CCNCC3COc3cccnc3)oc2c1. The quantitative estimate of drug-likeness (QED) is 0.792. The summed E-state index contributed by atoms with van der Waals surface area (Å²) < 4.78 is 24.9. The molecule has 1 saturated heterocycles. The molecule has 0 saturated carbocycles. The lowest BCUT2D eigenvalue weighted by Gasteiger charge is -2.34. The number of anilines is 1. The Labute approximate surface area is 138 Å². The number of hydrogen-bond donors (Lipinski definition) is 1. The van der Waals surface area contributed by atoms with Crippen LogP contribution < -0.4 is 15.0 Å². The molecular formula is C17H17FN4O2. The molecule has 0 spiro atoms. The van der Waals surface area contributed by atoms with E-state index in [9.17, 15) is 4.39 Å². The first-order valence-corrected chi connectivity index (χ1v) is 7.86. The van der Waals surface area contributed by atoms with Crippen molar-refractivity contribution in [3.63, 3.8) is 0 Å². The fraction of sp³-hybridized carbons (Fsp3) is 0.294. The molecule has 24 heavy (non-hydrogen) atoms. The lowest BCUT2D eigenvalue weighted by Crippen LogP contribution is -2.54. The predicted molar refractivity (Wildman–Crippen MR) is 87.7 cm³/mol. The average Bonchev–Trinajstić information content (AvgIpc) is 3.04. The lowest BCUT2D eigenvalue weighted by atomic mass is 10.2. The van der Waals surface area contributed by atoms with Crippen molar-refractivity contribution in [3.8, 4) is 5.75 Å². The van der Waals surface area contributed by atoms with Crippen molar-refractivity contribution >= 4 is 17.1 Å². The van der Waals surface area contributed by atoms with Crippen molar-refractivity contribution in [1.29, 1.82) is 0 Å². The van der Waals surface area contributed by atoms with E-state index in [0.29, 0.717) is 23.7 Å². The number of piperazine rings is 1. The van der Waals surface area contributed by atoms with Gasteiger partial charge in [-0.1, -0.05) is 0 Å². The van der Waals surface area contributed by atoms with Crippen molar-refractivity contribution in [2.75, 3.05) is 31.1 Å². The number of oxazole rings is 1. The fourth-order valence-electron chi connectivity index (χ4n) is 2.80. The van der Waals surface area contributed by atoms with Crippen LogP contribution in [0.4, 0.5) is 10.4 Å². The van der Waals surface area contributed by atoms with Gasteiger partial charge in [0.1, 0.15) is 23.7 Å². The standard InChI is InChI=1S/C17H17FN4O2/c18-12-3-4-15-16(8-12)24-17(21-15)22-7-6-20-9-13(22)11-23-14-2-1-5-19-10-14/h1-5,8,10,13,20H,6-7,9,11H2. The highest BCUT2D eigenvalue weighted by atomic mass is 19.1. The number of aromatic nitrogens is 2. The van der Waals surface area contributed by atoms with E-state index >= 15 is 0 Å². The summed E-state index contributed by atoms with van der Waals surface area (Å²) in [5, 5.41) is 3.35. The monoisotopic (exact) mass is 328 g/mol. The molecular weight excluding hydrogens is 311 g/mol. The van der Waals surface area contributed by atoms with Gasteiger partial charge in [0.2, 0.25) is 0 Å². The number of nitrogens with one attached hydrogen (secondary N) is 1. The van der Waals surface area contributed by atoms with E-state index < -0.39 is 0 Å². The summed E-state index contributed by atoms with van der Waals surface area (Å²) in [6.07, 6.45) is 3.39. The predicted octanol–water partition coefficient (Wildman–Crippen LogP) is 2.22. The first-order chi connectivity index (χ1) is 11.8. The Morgan fingerprint density at radius 2 is 2.33 bits per heavy atom. The lowest BCUT2D eigenvalue weighted by molar-refractivity contribution is 0.261. The van der Waals surface area contributed by atoms with Crippen LogP contribution in [0.15, 0.2) is 47.1 Å². The van der Waals surface area contributed by atoms with Crippen LogP contribution in [-0.4, -0.2) is 42.3 Å². The van der Waals surface area contributed by atoms with Crippen molar-refractivity contribution in [2.45, 2.75) is 6.04 Å². The number of rotatable bonds is 4. The highest BCUT2D eigenvalue weighted by Gasteiger charge is 2.27. The smallest absolute Gasteiger partial charge is 0.298 e. The molecule has 0 amide bonds. The second-order valence-electron chi connectivity index (χ2n) is 5.66. The number of benzene rings is 1. The van der Waals surface area contributed by atoms with Gasteiger partial charge in [0.25, 0.3) is 6.01 Å². The molecule has 0 bridgehead atoms. The van der Waals surface area contributed by atoms with Crippen LogP contribution in [0, 0.1) is 5.82 Å². The van der Waals surface area contributed by atoms with Gasteiger partial charge in [-0.2, -0.15) is 4.98 Å². The molecule has 1 aliphatic rings. The zero-order valence-electron chi connectivity index (χ0n) is 13.0. The molecule has 1 atom stereocenters. The van der Waals surface area contributed by atoms with E-state index in [1.807, 2.05) is 12.1 Å². The normalized spacial score (nSPS) is 18.0. The minimum absolute atomic E-state index is 0.0665. The Morgan fingerprint density at radius 3 is 3.21 bits per heavy atom. The van der Waals surface area contributed by atoms with E-state index in [2.05, 4.69) is 20.2 Å². The summed E-state index contributed by atoms with van der Waals surface area (Å²) >= 11 is 0. The topological polar surface area (TPSA) is 63.4 Å². The molecule has 1 fully saturated rings. The molecule has 7 heteroatoms. The Hall–Kier alpha value is -2.67. The van der Waals surface area contributed by atoms with E-state index in [-0.39, 0.29) is 11.9 Å². The van der Waals surface area contributed by atoms with Crippen LogP contribution in [0.3, 0.4) is 0 Å². The van der Waals surface area contributed by atoms with Gasteiger partial charge in [0.05, 0.1) is 12.2 Å². The Balaban J connectivity index is 1.54. The molecule has 3 aromatic rings. The van der Waals surface area contributed by atoms with Gasteiger partial charge in [-0.3, -0.25) is 4.98 Å². The van der Waals surface area contributed by atoms with Crippen LogP contribution >= 0.6 is 0 Å². The molecule has 0 radical (unpaired) electrons. The van der Waals surface area contributed by atoms with Crippen LogP contribution in [0.1, 0.15) is 0 Å². The van der Waals surface area contributed by atoms with Gasteiger partial charge in [0.15, 0.2) is 5.58 Å². The number of fused-ring (bicyclic) bond motifs is 1. The van der Waals surface area contributed by atoms with E-state index in [1.165, 1.54) is 12.1 Å². The van der Waals surface area contributed by atoms with E-state index in [0.717, 1.165) is 25.4 Å². The van der Waals surface area contributed by atoms with Crippen molar-refractivity contribution in [1.82, 2.24) is 15.3 Å². The second-order valence-corrected chi connectivity index (χ2v) is 5.66.